The fraction of sp³-hybridized carbons (Fsp3) is 0.611. The number of likely N-dealkylation sites (N-methyl/N-ethyl adjacent to an activating group) is 1. The number of rotatable bonds is 3. The van der Waals surface area contributed by atoms with Gasteiger partial charge in [-0.1, -0.05) is 11.2 Å². The zero-order chi connectivity index (χ0) is 17.2. The van der Waals surface area contributed by atoms with E-state index in [-0.39, 0.29) is 0 Å². The minimum Gasteiger partial charge on any atom is -0.402 e. The predicted octanol–water partition coefficient (Wildman–Crippen LogP) is 1.66. The molecular formula is C18H26N6O. The normalized spacial score (nSPS) is 21.0. The Bertz CT molecular complexity index is 684. The van der Waals surface area contributed by atoms with Crippen LogP contribution in [0.25, 0.3) is 11.6 Å². The van der Waals surface area contributed by atoms with Gasteiger partial charge in [0.1, 0.15) is 5.69 Å². The summed E-state index contributed by atoms with van der Waals surface area (Å²) in [6.07, 6.45) is 4.13. The monoisotopic (exact) mass is 342 g/mol. The van der Waals surface area contributed by atoms with Gasteiger partial charge in [0.05, 0.1) is 0 Å². The lowest BCUT2D eigenvalue weighted by molar-refractivity contribution is 0.0976. The van der Waals surface area contributed by atoms with Crippen molar-refractivity contribution in [2.24, 2.45) is 0 Å². The third-order valence-electron chi connectivity index (χ3n) is 5.33. The average Bonchev–Trinajstić information content (AvgIpc) is 3.13. The Balaban J connectivity index is 1.36. The molecule has 2 saturated heterocycles. The van der Waals surface area contributed by atoms with Crippen LogP contribution in [-0.2, 0) is 0 Å². The molecule has 0 aliphatic carbocycles. The molecule has 4 rings (SSSR count). The standard InChI is InChI=1S/C18H26N6O/c1-14-3-4-16(19-13-14)17-20-21-18(25-17)24-7-5-15(6-8-24)23-11-9-22(2)10-12-23/h3-4,13,15H,5-12H2,1-2H3. The van der Waals surface area contributed by atoms with Crippen LogP contribution in [0.4, 0.5) is 6.01 Å². The van der Waals surface area contributed by atoms with Gasteiger partial charge in [-0.05, 0) is 38.4 Å². The summed E-state index contributed by atoms with van der Waals surface area (Å²) in [7, 11) is 2.20. The number of nitrogens with zero attached hydrogens (tertiary/aromatic N) is 6. The highest BCUT2D eigenvalue weighted by Gasteiger charge is 2.28. The molecule has 0 aromatic carbocycles. The number of aryl methyl sites for hydroxylation is 1. The van der Waals surface area contributed by atoms with Crippen molar-refractivity contribution in [3.8, 4) is 11.6 Å². The molecule has 7 nitrogen and oxygen atoms in total. The van der Waals surface area contributed by atoms with E-state index in [1.807, 2.05) is 25.3 Å². The van der Waals surface area contributed by atoms with E-state index in [4.69, 9.17) is 4.42 Å². The molecule has 2 aromatic heterocycles. The van der Waals surface area contributed by atoms with Crippen molar-refractivity contribution in [3.05, 3.63) is 23.9 Å². The van der Waals surface area contributed by atoms with Crippen LogP contribution in [0.15, 0.2) is 22.7 Å². The van der Waals surface area contributed by atoms with Gasteiger partial charge in [-0.25, -0.2) is 0 Å². The number of piperazine rings is 1. The summed E-state index contributed by atoms with van der Waals surface area (Å²) in [5, 5.41) is 8.41. The number of pyridine rings is 1. The van der Waals surface area contributed by atoms with Crippen molar-refractivity contribution >= 4 is 6.01 Å². The van der Waals surface area contributed by atoms with Crippen LogP contribution in [0.2, 0.25) is 0 Å². The molecule has 0 spiro atoms. The molecule has 0 atom stereocenters. The van der Waals surface area contributed by atoms with E-state index in [1.54, 1.807) is 0 Å². The maximum atomic E-state index is 5.86. The molecule has 134 valence electrons. The predicted molar refractivity (Wildman–Crippen MR) is 96.6 cm³/mol. The first-order valence-corrected chi connectivity index (χ1v) is 9.13. The molecule has 2 aliphatic heterocycles. The minimum atomic E-state index is 0.496. The summed E-state index contributed by atoms with van der Waals surface area (Å²) in [6.45, 7) is 8.68. The van der Waals surface area contributed by atoms with Gasteiger partial charge in [0.25, 0.3) is 5.89 Å². The van der Waals surface area contributed by atoms with E-state index in [0.717, 1.165) is 37.2 Å². The summed E-state index contributed by atoms with van der Waals surface area (Å²) in [4.78, 5) is 11.6. The molecule has 0 unspecified atom stereocenters. The lowest BCUT2D eigenvalue weighted by Crippen LogP contribution is -2.52. The fourth-order valence-corrected chi connectivity index (χ4v) is 3.65. The van der Waals surface area contributed by atoms with Crippen molar-refractivity contribution in [2.75, 3.05) is 51.2 Å². The lowest BCUT2D eigenvalue weighted by atomic mass is 10.0. The zero-order valence-electron chi connectivity index (χ0n) is 15.1. The van der Waals surface area contributed by atoms with Crippen LogP contribution in [-0.4, -0.2) is 77.3 Å². The second kappa shape index (κ2) is 7.09. The molecule has 0 saturated carbocycles. The molecule has 2 aromatic rings. The third kappa shape index (κ3) is 3.67. The van der Waals surface area contributed by atoms with Crippen LogP contribution in [0, 0.1) is 6.92 Å². The van der Waals surface area contributed by atoms with Crippen LogP contribution in [0.5, 0.6) is 0 Å². The average molecular weight is 342 g/mol. The maximum Gasteiger partial charge on any atom is 0.318 e. The summed E-state index contributed by atoms with van der Waals surface area (Å²) in [5.41, 5.74) is 1.85. The van der Waals surface area contributed by atoms with Crippen LogP contribution < -0.4 is 4.90 Å². The first-order chi connectivity index (χ1) is 12.2. The second-order valence-corrected chi connectivity index (χ2v) is 7.17. The lowest BCUT2D eigenvalue weighted by Gasteiger charge is -2.41. The molecular weight excluding hydrogens is 316 g/mol. The van der Waals surface area contributed by atoms with E-state index in [2.05, 4.69) is 36.9 Å². The van der Waals surface area contributed by atoms with Crippen molar-refractivity contribution in [1.29, 1.82) is 0 Å². The van der Waals surface area contributed by atoms with Gasteiger partial charge in [-0.15, -0.1) is 5.10 Å². The van der Waals surface area contributed by atoms with Crippen molar-refractivity contribution < 1.29 is 4.42 Å². The molecule has 0 N–H and O–H groups in total. The first kappa shape index (κ1) is 16.5. The minimum absolute atomic E-state index is 0.496. The van der Waals surface area contributed by atoms with Gasteiger partial charge >= 0.3 is 6.01 Å². The third-order valence-corrected chi connectivity index (χ3v) is 5.33. The van der Waals surface area contributed by atoms with E-state index < -0.39 is 0 Å². The summed E-state index contributed by atoms with van der Waals surface area (Å²) >= 11 is 0. The largest absolute Gasteiger partial charge is 0.402 e. The summed E-state index contributed by atoms with van der Waals surface area (Å²) < 4.78 is 5.86. The van der Waals surface area contributed by atoms with Crippen LogP contribution in [0.1, 0.15) is 18.4 Å². The highest BCUT2D eigenvalue weighted by Crippen LogP contribution is 2.25. The Morgan fingerprint density at radius 2 is 1.76 bits per heavy atom. The number of anilines is 1. The number of piperidine rings is 1. The highest BCUT2D eigenvalue weighted by molar-refractivity contribution is 5.47. The highest BCUT2D eigenvalue weighted by atomic mass is 16.4. The van der Waals surface area contributed by atoms with Crippen molar-refractivity contribution in [3.63, 3.8) is 0 Å². The second-order valence-electron chi connectivity index (χ2n) is 7.17. The number of hydrogen-bond acceptors (Lipinski definition) is 7. The summed E-state index contributed by atoms with van der Waals surface area (Å²) in [5.74, 6) is 0.496. The first-order valence-electron chi connectivity index (χ1n) is 9.13. The molecule has 0 amide bonds. The van der Waals surface area contributed by atoms with Crippen molar-refractivity contribution in [2.45, 2.75) is 25.8 Å². The van der Waals surface area contributed by atoms with Gasteiger partial charge in [0.15, 0.2) is 0 Å². The van der Waals surface area contributed by atoms with Crippen LogP contribution in [0.3, 0.4) is 0 Å². The molecule has 2 fully saturated rings. The zero-order valence-corrected chi connectivity index (χ0v) is 15.1. The van der Waals surface area contributed by atoms with Crippen molar-refractivity contribution in [1.82, 2.24) is 25.0 Å². The van der Waals surface area contributed by atoms with Gasteiger partial charge in [0.2, 0.25) is 0 Å². The SMILES string of the molecule is Cc1ccc(-c2nnc(N3CCC(N4CCN(C)CC4)CC3)o2)nc1. The number of hydrogen-bond donors (Lipinski definition) is 0. The maximum absolute atomic E-state index is 5.86. The Hall–Kier alpha value is -1.99. The fourth-order valence-electron chi connectivity index (χ4n) is 3.65. The van der Waals surface area contributed by atoms with Gasteiger partial charge in [-0.2, -0.15) is 0 Å². The Morgan fingerprint density at radius 1 is 1.00 bits per heavy atom. The molecule has 25 heavy (non-hydrogen) atoms. The van der Waals surface area contributed by atoms with E-state index in [1.165, 1.54) is 26.2 Å². The molecule has 7 heteroatoms. The van der Waals surface area contributed by atoms with E-state index in [0.29, 0.717) is 17.9 Å². The van der Waals surface area contributed by atoms with Gasteiger partial charge in [0, 0.05) is 51.5 Å². The topological polar surface area (TPSA) is 61.5 Å². The Labute approximate surface area is 148 Å². The molecule has 0 bridgehead atoms. The Kier molecular flexibility index (Phi) is 4.67. The van der Waals surface area contributed by atoms with Gasteiger partial charge < -0.3 is 14.2 Å². The number of aromatic nitrogens is 3. The molecule has 4 heterocycles. The van der Waals surface area contributed by atoms with E-state index in [9.17, 15) is 0 Å². The van der Waals surface area contributed by atoms with Crippen LogP contribution >= 0.6 is 0 Å². The molecule has 2 aliphatic rings. The quantitative estimate of drug-likeness (QED) is 0.840. The summed E-state index contributed by atoms with van der Waals surface area (Å²) in [6, 6.07) is 5.24. The van der Waals surface area contributed by atoms with Gasteiger partial charge in [-0.3, -0.25) is 9.88 Å². The van der Waals surface area contributed by atoms with E-state index >= 15 is 0 Å². The smallest absolute Gasteiger partial charge is 0.318 e. The molecule has 0 radical (unpaired) electrons. The Morgan fingerprint density at radius 3 is 2.44 bits per heavy atom.